The van der Waals surface area contributed by atoms with E-state index in [0.29, 0.717) is 18.0 Å². The molecule has 1 nitrogen and oxygen atoms in total. The molecule has 1 aromatic carbocycles. The predicted molar refractivity (Wildman–Crippen MR) is 64.8 cm³/mol. The van der Waals surface area contributed by atoms with E-state index >= 15 is 0 Å². The maximum atomic E-state index is 12.9. The van der Waals surface area contributed by atoms with E-state index in [2.05, 4.69) is 19.2 Å². The molecule has 0 bridgehead atoms. The third kappa shape index (κ3) is 2.62. The fourth-order valence-electron chi connectivity index (χ4n) is 2.17. The van der Waals surface area contributed by atoms with Crippen molar-refractivity contribution in [2.75, 3.05) is 0 Å². The van der Waals surface area contributed by atoms with Crippen LogP contribution in [0.15, 0.2) is 24.3 Å². The van der Waals surface area contributed by atoms with E-state index in [0.717, 1.165) is 0 Å². The number of benzene rings is 1. The van der Waals surface area contributed by atoms with E-state index in [1.165, 1.54) is 24.8 Å². The van der Waals surface area contributed by atoms with Gasteiger partial charge in [0, 0.05) is 12.1 Å². The highest BCUT2D eigenvalue weighted by molar-refractivity contribution is 5.20. The van der Waals surface area contributed by atoms with Gasteiger partial charge in [0.25, 0.3) is 0 Å². The summed E-state index contributed by atoms with van der Waals surface area (Å²) in [5.74, 6) is 0.376. The quantitative estimate of drug-likeness (QED) is 0.818. The van der Waals surface area contributed by atoms with Crippen molar-refractivity contribution in [3.8, 4) is 0 Å². The Balaban J connectivity index is 2.08. The molecule has 0 amide bonds. The predicted octanol–water partition coefficient (Wildman–Crippen LogP) is 3.66. The zero-order valence-electron chi connectivity index (χ0n) is 10.0. The highest BCUT2D eigenvalue weighted by atomic mass is 19.1. The van der Waals surface area contributed by atoms with Gasteiger partial charge in [-0.05, 0) is 36.5 Å². The van der Waals surface area contributed by atoms with Crippen LogP contribution in [0, 0.1) is 11.7 Å². The zero-order valence-corrected chi connectivity index (χ0v) is 10.0. The fraction of sp³-hybridized carbons (Fsp3) is 0.571. The van der Waals surface area contributed by atoms with Crippen LogP contribution in [0.1, 0.15) is 44.7 Å². The molecule has 1 atom stereocenters. The van der Waals surface area contributed by atoms with Crippen molar-refractivity contribution < 1.29 is 4.39 Å². The lowest BCUT2D eigenvalue weighted by atomic mass is 9.88. The first kappa shape index (κ1) is 11.6. The Hall–Kier alpha value is -0.890. The average Bonchev–Trinajstić information content (AvgIpc) is 2.18. The molecular weight excluding hydrogens is 201 g/mol. The summed E-state index contributed by atoms with van der Waals surface area (Å²) in [5.41, 5.74) is 1.20. The van der Waals surface area contributed by atoms with Crippen LogP contribution in [-0.4, -0.2) is 6.04 Å². The van der Waals surface area contributed by atoms with Gasteiger partial charge in [0.2, 0.25) is 0 Å². The second kappa shape index (κ2) is 4.96. The maximum absolute atomic E-state index is 12.9. The summed E-state index contributed by atoms with van der Waals surface area (Å²) < 4.78 is 12.9. The molecule has 0 spiro atoms. The van der Waals surface area contributed by atoms with Gasteiger partial charge in [0.05, 0.1) is 0 Å². The van der Waals surface area contributed by atoms with Crippen molar-refractivity contribution in [2.45, 2.75) is 45.2 Å². The summed E-state index contributed by atoms with van der Waals surface area (Å²) in [7, 11) is 0. The van der Waals surface area contributed by atoms with Gasteiger partial charge in [-0.1, -0.05) is 32.4 Å². The van der Waals surface area contributed by atoms with Gasteiger partial charge in [-0.15, -0.1) is 0 Å². The van der Waals surface area contributed by atoms with E-state index in [1.54, 1.807) is 12.1 Å². The summed E-state index contributed by atoms with van der Waals surface area (Å²) in [5, 5.41) is 3.67. The molecule has 0 aliphatic heterocycles. The van der Waals surface area contributed by atoms with Gasteiger partial charge in [0.1, 0.15) is 5.82 Å². The molecular formula is C14H20FN. The van der Waals surface area contributed by atoms with Crippen molar-refractivity contribution >= 4 is 0 Å². The Labute approximate surface area is 97.1 Å². The highest BCUT2D eigenvalue weighted by Crippen LogP contribution is 2.27. The number of hydrogen-bond acceptors (Lipinski definition) is 1. The van der Waals surface area contributed by atoms with Crippen LogP contribution < -0.4 is 5.32 Å². The minimum Gasteiger partial charge on any atom is -0.307 e. The Morgan fingerprint density at radius 1 is 1.19 bits per heavy atom. The molecule has 1 N–H and O–H groups in total. The van der Waals surface area contributed by atoms with E-state index < -0.39 is 0 Å². The molecule has 1 unspecified atom stereocenters. The number of nitrogens with one attached hydrogen (secondary N) is 1. The number of rotatable bonds is 4. The van der Waals surface area contributed by atoms with E-state index in [1.807, 2.05) is 12.1 Å². The molecule has 0 heterocycles. The molecule has 1 aromatic rings. The van der Waals surface area contributed by atoms with Crippen LogP contribution in [0.2, 0.25) is 0 Å². The minimum absolute atomic E-state index is 0.157. The fourth-order valence-corrected chi connectivity index (χ4v) is 2.17. The van der Waals surface area contributed by atoms with Crippen molar-refractivity contribution in [1.29, 1.82) is 0 Å². The first-order valence-corrected chi connectivity index (χ1v) is 6.18. The van der Waals surface area contributed by atoms with Crippen LogP contribution in [0.5, 0.6) is 0 Å². The van der Waals surface area contributed by atoms with E-state index in [9.17, 15) is 4.39 Å². The Morgan fingerprint density at radius 2 is 1.81 bits per heavy atom. The molecule has 0 radical (unpaired) electrons. The summed E-state index contributed by atoms with van der Waals surface area (Å²) in [4.78, 5) is 0. The van der Waals surface area contributed by atoms with Crippen LogP contribution in [0.3, 0.4) is 0 Å². The Bertz CT molecular complexity index is 327. The largest absolute Gasteiger partial charge is 0.307 e. The van der Waals surface area contributed by atoms with Crippen molar-refractivity contribution in [2.24, 2.45) is 5.92 Å². The van der Waals surface area contributed by atoms with Crippen LogP contribution >= 0.6 is 0 Å². The molecule has 88 valence electrons. The standard InChI is InChI=1S/C14H20FN/c1-10(2)14(16-13-4-3-5-13)11-6-8-12(15)9-7-11/h6-10,13-14,16H,3-5H2,1-2H3. The minimum atomic E-state index is -0.157. The zero-order chi connectivity index (χ0) is 11.5. The van der Waals surface area contributed by atoms with Gasteiger partial charge in [-0.3, -0.25) is 0 Å². The maximum Gasteiger partial charge on any atom is 0.123 e. The summed E-state index contributed by atoms with van der Waals surface area (Å²) in [6.07, 6.45) is 3.90. The Morgan fingerprint density at radius 3 is 2.25 bits per heavy atom. The topological polar surface area (TPSA) is 12.0 Å². The number of hydrogen-bond donors (Lipinski definition) is 1. The molecule has 0 saturated heterocycles. The van der Waals surface area contributed by atoms with Crippen molar-refractivity contribution in [3.05, 3.63) is 35.6 Å². The molecule has 2 heteroatoms. The van der Waals surface area contributed by atoms with Crippen LogP contribution in [0.4, 0.5) is 4.39 Å². The van der Waals surface area contributed by atoms with Gasteiger partial charge in [-0.2, -0.15) is 0 Å². The first-order chi connectivity index (χ1) is 7.66. The van der Waals surface area contributed by atoms with Crippen molar-refractivity contribution in [1.82, 2.24) is 5.32 Å². The van der Waals surface area contributed by atoms with Gasteiger partial charge in [0.15, 0.2) is 0 Å². The van der Waals surface area contributed by atoms with Gasteiger partial charge in [-0.25, -0.2) is 4.39 Å². The lowest BCUT2D eigenvalue weighted by Crippen LogP contribution is -2.39. The van der Waals surface area contributed by atoms with Crippen LogP contribution in [0.25, 0.3) is 0 Å². The molecule has 16 heavy (non-hydrogen) atoms. The van der Waals surface area contributed by atoms with Gasteiger partial charge >= 0.3 is 0 Å². The second-order valence-electron chi connectivity index (χ2n) is 5.07. The summed E-state index contributed by atoms with van der Waals surface area (Å²) in [6, 6.07) is 7.90. The molecule has 1 fully saturated rings. The van der Waals surface area contributed by atoms with Crippen LogP contribution in [-0.2, 0) is 0 Å². The normalized spacial score (nSPS) is 18.5. The van der Waals surface area contributed by atoms with E-state index in [4.69, 9.17) is 0 Å². The second-order valence-corrected chi connectivity index (χ2v) is 5.07. The highest BCUT2D eigenvalue weighted by Gasteiger charge is 2.23. The SMILES string of the molecule is CC(C)C(NC1CCC1)c1ccc(F)cc1. The average molecular weight is 221 g/mol. The molecule has 1 aliphatic carbocycles. The van der Waals surface area contributed by atoms with Crippen molar-refractivity contribution in [3.63, 3.8) is 0 Å². The van der Waals surface area contributed by atoms with E-state index in [-0.39, 0.29) is 5.82 Å². The summed E-state index contributed by atoms with van der Waals surface area (Å²) in [6.45, 7) is 4.42. The lowest BCUT2D eigenvalue weighted by Gasteiger charge is -2.33. The smallest absolute Gasteiger partial charge is 0.123 e. The first-order valence-electron chi connectivity index (χ1n) is 6.18. The Kier molecular flexibility index (Phi) is 3.59. The number of halogens is 1. The molecule has 0 aromatic heterocycles. The third-order valence-electron chi connectivity index (χ3n) is 3.42. The third-order valence-corrected chi connectivity index (χ3v) is 3.42. The summed E-state index contributed by atoms with van der Waals surface area (Å²) >= 11 is 0. The monoisotopic (exact) mass is 221 g/mol. The molecule has 2 rings (SSSR count). The molecule has 1 aliphatic rings. The lowest BCUT2D eigenvalue weighted by molar-refractivity contribution is 0.272. The van der Waals surface area contributed by atoms with Gasteiger partial charge < -0.3 is 5.32 Å². The molecule has 1 saturated carbocycles.